The first-order valence-corrected chi connectivity index (χ1v) is 6.42. The van der Waals surface area contributed by atoms with E-state index < -0.39 is 17.8 Å². The Bertz CT molecular complexity index is 739. The predicted octanol–water partition coefficient (Wildman–Crippen LogP) is 2.01. The molecule has 0 radical (unpaired) electrons. The Morgan fingerprint density at radius 1 is 0.773 bits per heavy atom. The summed E-state index contributed by atoms with van der Waals surface area (Å²) in [5, 5.41) is 20.7. The average molecular weight is 299 g/mol. The summed E-state index contributed by atoms with van der Waals surface area (Å²) in [5.74, 6) is -2.86. The molecule has 2 aromatic carbocycles. The van der Waals surface area contributed by atoms with E-state index in [9.17, 15) is 14.4 Å². The highest BCUT2D eigenvalue weighted by Crippen LogP contribution is 2.11. The largest absolute Gasteiger partial charge is 0.478 e. The van der Waals surface area contributed by atoms with Crippen molar-refractivity contribution in [1.82, 2.24) is 5.32 Å². The van der Waals surface area contributed by atoms with Crippen molar-refractivity contribution in [3.8, 4) is 0 Å². The lowest BCUT2D eigenvalue weighted by molar-refractivity contribution is 0.0684. The molecule has 0 aliphatic rings. The molecule has 0 atom stereocenters. The Morgan fingerprint density at radius 2 is 1.27 bits per heavy atom. The molecule has 0 spiro atoms. The maximum Gasteiger partial charge on any atom is 0.336 e. The predicted molar refractivity (Wildman–Crippen MR) is 78.0 cm³/mol. The normalized spacial score (nSPS) is 10.0. The smallest absolute Gasteiger partial charge is 0.336 e. The van der Waals surface area contributed by atoms with Gasteiger partial charge in [-0.25, -0.2) is 9.59 Å². The molecule has 0 fully saturated rings. The van der Waals surface area contributed by atoms with E-state index in [1.165, 1.54) is 24.3 Å². The van der Waals surface area contributed by atoms with Crippen LogP contribution in [0.25, 0.3) is 0 Å². The minimum absolute atomic E-state index is 0.00470. The van der Waals surface area contributed by atoms with E-state index in [1.807, 2.05) is 0 Å². The molecule has 22 heavy (non-hydrogen) atoms. The fourth-order valence-electron chi connectivity index (χ4n) is 2.02. The van der Waals surface area contributed by atoms with E-state index in [4.69, 9.17) is 10.2 Å². The summed E-state index contributed by atoms with van der Waals surface area (Å²) in [7, 11) is 0. The van der Waals surface area contributed by atoms with Gasteiger partial charge in [-0.05, 0) is 23.8 Å². The highest BCUT2D eigenvalue weighted by atomic mass is 16.4. The van der Waals surface area contributed by atoms with Crippen molar-refractivity contribution < 1.29 is 24.6 Å². The number of amides is 1. The van der Waals surface area contributed by atoms with Gasteiger partial charge >= 0.3 is 11.9 Å². The highest BCUT2D eigenvalue weighted by molar-refractivity contribution is 6.04. The summed E-state index contributed by atoms with van der Waals surface area (Å²) in [6.45, 7) is -0.00470. The van der Waals surface area contributed by atoms with Gasteiger partial charge in [0.15, 0.2) is 0 Å². The van der Waals surface area contributed by atoms with E-state index >= 15 is 0 Å². The summed E-state index contributed by atoms with van der Waals surface area (Å²) in [6.07, 6.45) is 0. The SMILES string of the molecule is O=C(O)c1ccccc1CNC(=O)c1ccccc1C(=O)O. The van der Waals surface area contributed by atoms with E-state index in [1.54, 1.807) is 24.3 Å². The van der Waals surface area contributed by atoms with Crippen LogP contribution in [-0.4, -0.2) is 28.1 Å². The Hall–Kier alpha value is -3.15. The molecule has 112 valence electrons. The van der Waals surface area contributed by atoms with Crippen molar-refractivity contribution in [1.29, 1.82) is 0 Å². The van der Waals surface area contributed by atoms with Gasteiger partial charge in [0.2, 0.25) is 0 Å². The fourth-order valence-corrected chi connectivity index (χ4v) is 2.02. The highest BCUT2D eigenvalue weighted by Gasteiger charge is 2.16. The van der Waals surface area contributed by atoms with E-state index in [-0.39, 0.29) is 23.2 Å². The molecule has 2 aromatic rings. The Labute approximate surface area is 126 Å². The van der Waals surface area contributed by atoms with Gasteiger partial charge in [0.05, 0.1) is 16.7 Å². The third-order valence-corrected chi connectivity index (χ3v) is 3.09. The van der Waals surface area contributed by atoms with E-state index in [2.05, 4.69) is 5.32 Å². The number of aromatic carboxylic acids is 2. The van der Waals surface area contributed by atoms with Gasteiger partial charge < -0.3 is 15.5 Å². The van der Waals surface area contributed by atoms with Crippen LogP contribution in [0.5, 0.6) is 0 Å². The van der Waals surface area contributed by atoms with Gasteiger partial charge in [-0.2, -0.15) is 0 Å². The minimum atomic E-state index is -1.20. The van der Waals surface area contributed by atoms with E-state index in [0.717, 1.165) is 0 Å². The molecule has 0 saturated carbocycles. The average Bonchev–Trinajstić information content (AvgIpc) is 2.52. The molecule has 6 nitrogen and oxygen atoms in total. The van der Waals surface area contributed by atoms with Crippen molar-refractivity contribution in [2.45, 2.75) is 6.54 Å². The number of carboxylic acid groups (broad SMARTS) is 2. The third-order valence-electron chi connectivity index (χ3n) is 3.09. The number of hydrogen-bond acceptors (Lipinski definition) is 3. The zero-order valence-electron chi connectivity index (χ0n) is 11.4. The van der Waals surface area contributed by atoms with E-state index in [0.29, 0.717) is 5.56 Å². The zero-order valence-corrected chi connectivity index (χ0v) is 11.4. The second kappa shape index (κ2) is 6.53. The molecule has 6 heteroatoms. The first-order chi connectivity index (χ1) is 10.5. The summed E-state index contributed by atoms with van der Waals surface area (Å²) in [5.41, 5.74) is 0.458. The Kier molecular flexibility index (Phi) is 4.53. The molecule has 0 aliphatic carbocycles. The first-order valence-electron chi connectivity index (χ1n) is 6.42. The molecule has 0 saturated heterocycles. The van der Waals surface area contributed by atoms with Crippen LogP contribution in [0.4, 0.5) is 0 Å². The molecule has 0 heterocycles. The van der Waals surface area contributed by atoms with Crippen LogP contribution in [0.2, 0.25) is 0 Å². The van der Waals surface area contributed by atoms with Gasteiger partial charge in [0.1, 0.15) is 0 Å². The maximum absolute atomic E-state index is 12.1. The monoisotopic (exact) mass is 299 g/mol. The second-order valence-corrected chi connectivity index (χ2v) is 4.50. The molecule has 3 N–H and O–H groups in total. The van der Waals surface area contributed by atoms with Crippen molar-refractivity contribution >= 4 is 17.8 Å². The van der Waals surface area contributed by atoms with Gasteiger partial charge in [0, 0.05) is 6.54 Å². The van der Waals surface area contributed by atoms with Crippen LogP contribution >= 0.6 is 0 Å². The van der Waals surface area contributed by atoms with Crippen molar-refractivity contribution in [3.05, 3.63) is 70.8 Å². The number of carboxylic acids is 2. The lowest BCUT2D eigenvalue weighted by Gasteiger charge is -2.09. The maximum atomic E-state index is 12.1. The first kappa shape index (κ1) is 15.2. The van der Waals surface area contributed by atoms with Crippen LogP contribution in [0.3, 0.4) is 0 Å². The summed E-state index contributed by atoms with van der Waals surface area (Å²) in [4.78, 5) is 34.3. The second-order valence-electron chi connectivity index (χ2n) is 4.50. The number of carbonyl (C=O) groups is 3. The molecule has 0 bridgehead atoms. The number of benzene rings is 2. The summed E-state index contributed by atoms with van der Waals surface area (Å²) in [6, 6.07) is 12.1. The molecule has 0 aliphatic heterocycles. The Balaban J connectivity index is 2.18. The summed E-state index contributed by atoms with van der Waals surface area (Å²) < 4.78 is 0. The molecule has 0 aromatic heterocycles. The van der Waals surface area contributed by atoms with Gasteiger partial charge in [-0.15, -0.1) is 0 Å². The topological polar surface area (TPSA) is 104 Å². The molecule has 2 rings (SSSR count). The third kappa shape index (κ3) is 3.29. The van der Waals surface area contributed by atoms with Gasteiger partial charge in [-0.1, -0.05) is 30.3 Å². The lowest BCUT2D eigenvalue weighted by Crippen LogP contribution is -2.25. The van der Waals surface area contributed by atoms with Crippen molar-refractivity contribution in [3.63, 3.8) is 0 Å². The molecular weight excluding hydrogens is 286 g/mol. The lowest BCUT2D eigenvalue weighted by atomic mass is 10.1. The zero-order chi connectivity index (χ0) is 16.1. The van der Waals surface area contributed by atoms with Crippen LogP contribution in [0, 0.1) is 0 Å². The summed E-state index contributed by atoms with van der Waals surface area (Å²) >= 11 is 0. The molecular formula is C16H13NO5. The van der Waals surface area contributed by atoms with Crippen molar-refractivity contribution in [2.24, 2.45) is 0 Å². The minimum Gasteiger partial charge on any atom is -0.478 e. The molecule has 0 unspecified atom stereocenters. The number of rotatable bonds is 5. The quantitative estimate of drug-likeness (QED) is 0.783. The fraction of sp³-hybridized carbons (Fsp3) is 0.0625. The van der Waals surface area contributed by atoms with Gasteiger partial charge in [0.25, 0.3) is 5.91 Å². The number of nitrogens with one attached hydrogen (secondary N) is 1. The van der Waals surface area contributed by atoms with Gasteiger partial charge in [-0.3, -0.25) is 4.79 Å². The van der Waals surface area contributed by atoms with Crippen LogP contribution < -0.4 is 5.32 Å². The molecule has 1 amide bonds. The standard InChI is InChI=1S/C16H13NO5/c18-14(12-7-3-4-8-13(12)16(21)22)17-9-10-5-1-2-6-11(10)15(19)20/h1-8H,9H2,(H,17,18)(H,19,20)(H,21,22). The van der Waals surface area contributed by atoms with Crippen LogP contribution in [0.1, 0.15) is 36.6 Å². The Morgan fingerprint density at radius 3 is 1.86 bits per heavy atom. The number of hydrogen-bond donors (Lipinski definition) is 3. The van der Waals surface area contributed by atoms with Crippen molar-refractivity contribution in [2.75, 3.05) is 0 Å². The van der Waals surface area contributed by atoms with Crippen LogP contribution in [-0.2, 0) is 6.54 Å². The number of carbonyl (C=O) groups excluding carboxylic acids is 1. The van der Waals surface area contributed by atoms with Crippen LogP contribution in [0.15, 0.2) is 48.5 Å².